The quantitative estimate of drug-likeness (QED) is 0.625. The lowest BCUT2D eigenvalue weighted by Gasteiger charge is -2.02. The van der Waals surface area contributed by atoms with Crippen LogP contribution in [-0.4, -0.2) is 9.91 Å². The van der Waals surface area contributed by atoms with Crippen LogP contribution in [0.3, 0.4) is 0 Å². The highest BCUT2D eigenvalue weighted by molar-refractivity contribution is 9.10. The van der Waals surface area contributed by atoms with Crippen molar-refractivity contribution in [2.75, 3.05) is 0 Å². The van der Waals surface area contributed by atoms with Crippen molar-refractivity contribution in [3.63, 3.8) is 0 Å². The molecule has 0 radical (unpaired) electrons. The number of aromatic nitrogens is 1. The van der Waals surface area contributed by atoms with Crippen LogP contribution in [0.4, 0.5) is 5.69 Å². The van der Waals surface area contributed by atoms with Crippen molar-refractivity contribution in [2.45, 2.75) is 0 Å². The molecule has 0 unspecified atom stereocenters. The molecule has 0 fully saturated rings. The first kappa shape index (κ1) is 10.8. The number of halogens is 1. The van der Waals surface area contributed by atoms with Gasteiger partial charge in [-0.25, -0.2) is 0 Å². The van der Waals surface area contributed by atoms with Gasteiger partial charge < -0.3 is 0 Å². The molecule has 0 spiro atoms. The second kappa shape index (κ2) is 4.40. The smallest absolute Gasteiger partial charge is 0.258 e. The van der Waals surface area contributed by atoms with E-state index in [-0.39, 0.29) is 5.69 Å². The number of benzene rings is 1. The summed E-state index contributed by atoms with van der Waals surface area (Å²) in [5.74, 6) is 0. The summed E-state index contributed by atoms with van der Waals surface area (Å²) in [6.07, 6.45) is 1.65. The van der Waals surface area contributed by atoms with Gasteiger partial charge in [0.25, 0.3) is 5.69 Å². The van der Waals surface area contributed by atoms with Gasteiger partial charge in [0.15, 0.2) is 0 Å². The Morgan fingerprint density at radius 3 is 2.75 bits per heavy atom. The predicted octanol–water partition coefficient (Wildman–Crippen LogP) is 3.42. The van der Waals surface area contributed by atoms with Crippen molar-refractivity contribution in [2.24, 2.45) is 0 Å². The average Bonchev–Trinajstić information content (AvgIpc) is 2.30. The molecule has 2 rings (SSSR count). The average molecular weight is 279 g/mol. The molecule has 0 N–H and O–H groups in total. The maximum atomic E-state index is 10.6. The molecule has 1 aromatic heterocycles. The first-order chi connectivity index (χ1) is 7.68. The Bertz CT molecular complexity index is 543. The summed E-state index contributed by atoms with van der Waals surface area (Å²) in [6.45, 7) is 0. The van der Waals surface area contributed by atoms with E-state index in [9.17, 15) is 10.1 Å². The molecule has 0 saturated carbocycles. The van der Waals surface area contributed by atoms with E-state index in [4.69, 9.17) is 0 Å². The van der Waals surface area contributed by atoms with Gasteiger partial charge in [0.05, 0.1) is 10.6 Å². The summed E-state index contributed by atoms with van der Waals surface area (Å²) in [4.78, 5) is 14.4. The van der Waals surface area contributed by atoms with Crippen molar-refractivity contribution in [3.05, 3.63) is 57.2 Å². The number of hydrogen-bond acceptors (Lipinski definition) is 3. The van der Waals surface area contributed by atoms with E-state index in [0.29, 0.717) is 5.69 Å². The molecule has 2 aromatic rings. The SMILES string of the molecule is O=[N+]([O-])c1cccc(-c2ncccc2Br)c1. The summed E-state index contributed by atoms with van der Waals surface area (Å²) < 4.78 is 0.815. The van der Waals surface area contributed by atoms with Gasteiger partial charge in [0.1, 0.15) is 0 Å². The van der Waals surface area contributed by atoms with E-state index in [0.717, 1.165) is 10.0 Å². The fraction of sp³-hybridized carbons (Fsp3) is 0. The minimum Gasteiger partial charge on any atom is -0.258 e. The highest BCUT2D eigenvalue weighted by Gasteiger charge is 2.09. The van der Waals surface area contributed by atoms with Crippen LogP contribution in [0.2, 0.25) is 0 Å². The topological polar surface area (TPSA) is 56.0 Å². The maximum Gasteiger partial charge on any atom is 0.270 e. The standard InChI is InChI=1S/C11H7BrN2O2/c12-10-5-2-6-13-11(10)8-3-1-4-9(7-8)14(15)16/h1-7H. The lowest BCUT2D eigenvalue weighted by Crippen LogP contribution is -1.89. The third-order valence-corrected chi connectivity index (χ3v) is 2.73. The zero-order valence-corrected chi connectivity index (χ0v) is 9.72. The van der Waals surface area contributed by atoms with Crippen LogP contribution >= 0.6 is 15.9 Å². The molecule has 80 valence electrons. The van der Waals surface area contributed by atoms with Crippen LogP contribution < -0.4 is 0 Å². The van der Waals surface area contributed by atoms with E-state index >= 15 is 0 Å². The van der Waals surface area contributed by atoms with Crippen molar-refractivity contribution in [1.82, 2.24) is 4.98 Å². The third kappa shape index (κ3) is 2.09. The van der Waals surface area contributed by atoms with Crippen LogP contribution in [0.15, 0.2) is 47.1 Å². The molecule has 16 heavy (non-hydrogen) atoms. The van der Waals surface area contributed by atoms with Gasteiger partial charge in [-0.2, -0.15) is 0 Å². The second-order valence-corrected chi connectivity index (χ2v) is 4.00. The largest absolute Gasteiger partial charge is 0.270 e. The number of hydrogen-bond donors (Lipinski definition) is 0. The Morgan fingerprint density at radius 2 is 2.06 bits per heavy atom. The van der Waals surface area contributed by atoms with E-state index in [2.05, 4.69) is 20.9 Å². The van der Waals surface area contributed by atoms with Crippen LogP contribution in [-0.2, 0) is 0 Å². The van der Waals surface area contributed by atoms with Crippen molar-refractivity contribution in [3.8, 4) is 11.3 Å². The number of nitro groups is 1. The monoisotopic (exact) mass is 278 g/mol. The zero-order chi connectivity index (χ0) is 11.5. The van der Waals surface area contributed by atoms with E-state index in [1.165, 1.54) is 12.1 Å². The Hall–Kier alpha value is -1.75. The molecule has 0 saturated heterocycles. The summed E-state index contributed by atoms with van der Waals surface area (Å²) in [7, 11) is 0. The van der Waals surface area contributed by atoms with E-state index < -0.39 is 4.92 Å². The molecule has 0 aliphatic carbocycles. The molecule has 1 heterocycles. The van der Waals surface area contributed by atoms with Gasteiger partial charge in [0, 0.05) is 28.4 Å². The summed E-state index contributed by atoms with van der Waals surface area (Å²) in [5.41, 5.74) is 1.49. The van der Waals surface area contributed by atoms with Crippen molar-refractivity contribution < 1.29 is 4.92 Å². The minimum absolute atomic E-state index is 0.0649. The number of nitro benzene ring substituents is 1. The van der Waals surface area contributed by atoms with Gasteiger partial charge in [-0.1, -0.05) is 12.1 Å². The highest BCUT2D eigenvalue weighted by atomic mass is 79.9. The molecule has 4 nitrogen and oxygen atoms in total. The lowest BCUT2D eigenvalue weighted by molar-refractivity contribution is -0.384. The summed E-state index contributed by atoms with van der Waals surface area (Å²) in [6, 6.07) is 10.0. The summed E-state index contributed by atoms with van der Waals surface area (Å²) in [5, 5.41) is 10.6. The normalized spacial score (nSPS) is 10.1. The first-order valence-corrected chi connectivity index (χ1v) is 5.33. The molecule has 0 aliphatic heterocycles. The van der Waals surface area contributed by atoms with Gasteiger partial charge >= 0.3 is 0 Å². The van der Waals surface area contributed by atoms with Gasteiger partial charge in [-0.05, 0) is 28.1 Å². The maximum absolute atomic E-state index is 10.6. The van der Waals surface area contributed by atoms with Gasteiger partial charge in [-0.3, -0.25) is 15.1 Å². The Labute approximate surface area is 100 Å². The van der Waals surface area contributed by atoms with Crippen LogP contribution in [0.1, 0.15) is 0 Å². The molecule has 0 atom stereocenters. The zero-order valence-electron chi connectivity index (χ0n) is 8.13. The van der Waals surface area contributed by atoms with Crippen LogP contribution in [0.5, 0.6) is 0 Å². The molecular formula is C11H7BrN2O2. The van der Waals surface area contributed by atoms with Gasteiger partial charge in [-0.15, -0.1) is 0 Å². The van der Waals surface area contributed by atoms with E-state index in [1.807, 2.05) is 6.07 Å². The van der Waals surface area contributed by atoms with E-state index in [1.54, 1.807) is 24.4 Å². The second-order valence-electron chi connectivity index (χ2n) is 3.14. The lowest BCUT2D eigenvalue weighted by atomic mass is 10.1. The Morgan fingerprint density at radius 1 is 1.25 bits per heavy atom. The Balaban J connectivity index is 2.53. The van der Waals surface area contributed by atoms with Crippen molar-refractivity contribution >= 4 is 21.6 Å². The predicted molar refractivity (Wildman–Crippen MR) is 64.0 cm³/mol. The minimum atomic E-state index is -0.416. The molecular weight excluding hydrogens is 272 g/mol. The first-order valence-electron chi connectivity index (χ1n) is 4.54. The molecule has 5 heteroatoms. The molecule has 0 bridgehead atoms. The van der Waals surface area contributed by atoms with Gasteiger partial charge in [0.2, 0.25) is 0 Å². The fourth-order valence-corrected chi connectivity index (χ4v) is 1.85. The molecule has 1 aromatic carbocycles. The van der Waals surface area contributed by atoms with Crippen LogP contribution in [0, 0.1) is 10.1 Å². The summed E-state index contributed by atoms with van der Waals surface area (Å²) >= 11 is 3.36. The van der Waals surface area contributed by atoms with Crippen LogP contribution in [0.25, 0.3) is 11.3 Å². The molecule has 0 amide bonds. The fourth-order valence-electron chi connectivity index (χ4n) is 1.36. The number of non-ortho nitro benzene ring substituents is 1. The van der Waals surface area contributed by atoms with Crippen molar-refractivity contribution in [1.29, 1.82) is 0 Å². The number of rotatable bonds is 2. The third-order valence-electron chi connectivity index (χ3n) is 2.09. The number of nitrogens with zero attached hydrogens (tertiary/aromatic N) is 2. The number of pyridine rings is 1. The Kier molecular flexibility index (Phi) is 2.96. The molecule has 0 aliphatic rings. The highest BCUT2D eigenvalue weighted by Crippen LogP contribution is 2.27.